The zero-order valence-electron chi connectivity index (χ0n) is 11.1. The number of morpholine rings is 1. The van der Waals surface area contributed by atoms with E-state index < -0.39 is 0 Å². The van der Waals surface area contributed by atoms with Gasteiger partial charge in [0.2, 0.25) is 0 Å². The highest BCUT2D eigenvalue weighted by Gasteiger charge is 2.23. The molecule has 2 rings (SSSR count). The Morgan fingerprint density at radius 2 is 2.00 bits per heavy atom. The Hall–Kier alpha value is -1.62. The van der Waals surface area contributed by atoms with Gasteiger partial charge in [-0.1, -0.05) is 0 Å². The van der Waals surface area contributed by atoms with Crippen LogP contribution in [0.2, 0.25) is 0 Å². The lowest BCUT2D eigenvalue weighted by Crippen LogP contribution is -2.46. The van der Waals surface area contributed by atoms with Crippen LogP contribution in [-0.2, 0) is 4.74 Å². The van der Waals surface area contributed by atoms with Crippen LogP contribution in [0.1, 0.15) is 25.1 Å². The molecule has 1 fully saturated rings. The van der Waals surface area contributed by atoms with Crippen molar-refractivity contribution >= 4 is 11.7 Å². The van der Waals surface area contributed by atoms with Gasteiger partial charge in [-0.25, -0.2) is 4.98 Å². The fourth-order valence-electron chi connectivity index (χ4n) is 2.33. The highest BCUT2D eigenvalue weighted by molar-refractivity contribution is 5.95. The van der Waals surface area contributed by atoms with Gasteiger partial charge in [-0.2, -0.15) is 0 Å². The van der Waals surface area contributed by atoms with Gasteiger partial charge in [0, 0.05) is 24.3 Å². The van der Waals surface area contributed by atoms with E-state index in [9.17, 15) is 0 Å². The van der Waals surface area contributed by atoms with Crippen molar-refractivity contribution in [2.24, 2.45) is 5.73 Å². The molecule has 5 nitrogen and oxygen atoms in total. The van der Waals surface area contributed by atoms with E-state index >= 15 is 0 Å². The highest BCUT2D eigenvalue weighted by Crippen LogP contribution is 2.20. The molecule has 0 amide bonds. The highest BCUT2D eigenvalue weighted by atomic mass is 16.5. The third kappa shape index (κ3) is 2.79. The number of nitrogens with zero attached hydrogens (tertiary/aromatic N) is 2. The van der Waals surface area contributed by atoms with Gasteiger partial charge in [0.1, 0.15) is 11.7 Å². The second-order valence-electron chi connectivity index (χ2n) is 4.93. The zero-order chi connectivity index (χ0) is 13.3. The lowest BCUT2D eigenvalue weighted by molar-refractivity contribution is -0.00546. The molecule has 1 aromatic heterocycles. The van der Waals surface area contributed by atoms with E-state index in [1.54, 1.807) is 0 Å². The van der Waals surface area contributed by atoms with Crippen LogP contribution in [0.4, 0.5) is 5.82 Å². The summed E-state index contributed by atoms with van der Waals surface area (Å²) in [5.74, 6) is 0.957. The molecule has 1 aliphatic rings. The molecule has 1 aliphatic heterocycles. The Balaban J connectivity index is 2.29. The molecule has 98 valence electrons. The van der Waals surface area contributed by atoms with Crippen molar-refractivity contribution in [1.29, 1.82) is 5.41 Å². The van der Waals surface area contributed by atoms with E-state index in [4.69, 9.17) is 15.9 Å². The summed E-state index contributed by atoms with van der Waals surface area (Å²) in [6.45, 7) is 7.67. The topological polar surface area (TPSA) is 75.2 Å². The number of amidine groups is 1. The fourth-order valence-corrected chi connectivity index (χ4v) is 2.33. The molecule has 0 spiro atoms. The molecule has 5 heteroatoms. The second-order valence-corrected chi connectivity index (χ2v) is 4.93. The summed E-state index contributed by atoms with van der Waals surface area (Å²) in [5.41, 5.74) is 7.15. The van der Waals surface area contributed by atoms with E-state index in [1.165, 1.54) is 0 Å². The number of anilines is 1. The molecule has 1 saturated heterocycles. The second kappa shape index (κ2) is 4.94. The van der Waals surface area contributed by atoms with Crippen molar-refractivity contribution in [1.82, 2.24) is 4.98 Å². The SMILES string of the molecule is Cc1cc(C(=N)N)cc(N2CC(C)OC(C)C2)n1. The largest absolute Gasteiger partial charge is 0.384 e. The average molecular weight is 248 g/mol. The van der Waals surface area contributed by atoms with Crippen LogP contribution in [0.3, 0.4) is 0 Å². The quantitative estimate of drug-likeness (QED) is 0.611. The van der Waals surface area contributed by atoms with Crippen LogP contribution in [0.15, 0.2) is 12.1 Å². The van der Waals surface area contributed by atoms with E-state index in [2.05, 4.69) is 23.7 Å². The zero-order valence-corrected chi connectivity index (χ0v) is 11.1. The van der Waals surface area contributed by atoms with Gasteiger partial charge in [-0.3, -0.25) is 5.41 Å². The van der Waals surface area contributed by atoms with E-state index in [0.29, 0.717) is 0 Å². The third-order valence-corrected chi connectivity index (χ3v) is 2.99. The summed E-state index contributed by atoms with van der Waals surface area (Å²) < 4.78 is 5.71. The van der Waals surface area contributed by atoms with Crippen molar-refractivity contribution in [3.05, 3.63) is 23.4 Å². The first-order valence-electron chi connectivity index (χ1n) is 6.19. The number of hydrogen-bond acceptors (Lipinski definition) is 4. The monoisotopic (exact) mass is 248 g/mol. The summed E-state index contributed by atoms with van der Waals surface area (Å²) in [7, 11) is 0. The predicted octanol–water partition coefficient (Wildman–Crippen LogP) is 1.29. The maximum atomic E-state index is 7.53. The number of ether oxygens (including phenoxy) is 1. The normalized spacial score (nSPS) is 24.1. The van der Waals surface area contributed by atoms with E-state index in [-0.39, 0.29) is 18.0 Å². The van der Waals surface area contributed by atoms with Gasteiger partial charge >= 0.3 is 0 Å². The van der Waals surface area contributed by atoms with Crippen LogP contribution >= 0.6 is 0 Å². The maximum absolute atomic E-state index is 7.53. The molecular formula is C13H20N4O. The minimum absolute atomic E-state index is 0.0797. The molecule has 1 aromatic rings. The number of hydrogen-bond donors (Lipinski definition) is 2. The molecule has 0 bridgehead atoms. The summed E-state index contributed by atoms with van der Waals surface area (Å²) in [6.07, 6.45) is 0.383. The van der Waals surface area contributed by atoms with Gasteiger partial charge < -0.3 is 15.4 Å². The van der Waals surface area contributed by atoms with Crippen LogP contribution < -0.4 is 10.6 Å². The Labute approximate surface area is 107 Å². The molecule has 2 atom stereocenters. The Bertz CT molecular complexity index is 450. The van der Waals surface area contributed by atoms with Gasteiger partial charge in [0.15, 0.2) is 0 Å². The summed E-state index contributed by atoms with van der Waals surface area (Å²) in [5, 5.41) is 7.53. The van der Waals surface area contributed by atoms with Crippen LogP contribution in [0.5, 0.6) is 0 Å². The maximum Gasteiger partial charge on any atom is 0.129 e. The standard InChI is InChI=1S/C13H20N4O/c1-8-4-11(13(14)15)5-12(16-8)17-6-9(2)18-10(3)7-17/h4-5,9-10H,6-7H2,1-3H3,(H3,14,15). The Morgan fingerprint density at radius 1 is 1.39 bits per heavy atom. The lowest BCUT2D eigenvalue weighted by Gasteiger charge is -2.36. The molecular weight excluding hydrogens is 228 g/mol. The first kappa shape index (κ1) is 12.8. The molecule has 18 heavy (non-hydrogen) atoms. The van der Waals surface area contributed by atoms with Crippen LogP contribution in [0.25, 0.3) is 0 Å². The number of nitrogens with two attached hydrogens (primary N) is 1. The number of aromatic nitrogens is 1. The van der Waals surface area contributed by atoms with Crippen LogP contribution in [-0.4, -0.2) is 36.1 Å². The Morgan fingerprint density at radius 3 is 2.56 bits per heavy atom. The fraction of sp³-hybridized carbons (Fsp3) is 0.538. The summed E-state index contributed by atoms with van der Waals surface area (Å²) in [6, 6.07) is 3.71. The van der Waals surface area contributed by atoms with Gasteiger partial charge in [-0.05, 0) is 32.9 Å². The predicted molar refractivity (Wildman–Crippen MR) is 72.2 cm³/mol. The van der Waals surface area contributed by atoms with Gasteiger partial charge in [0.25, 0.3) is 0 Å². The number of pyridine rings is 1. The molecule has 0 aromatic carbocycles. The number of aryl methyl sites for hydroxylation is 1. The Kier molecular flexibility index (Phi) is 3.52. The number of nitrogen functional groups attached to an aromatic ring is 1. The minimum atomic E-state index is 0.0797. The first-order valence-corrected chi connectivity index (χ1v) is 6.19. The smallest absolute Gasteiger partial charge is 0.129 e. The van der Waals surface area contributed by atoms with Crippen molar-refractivity contribution < 1.29 is 4.74 Å². The summed E-state index contributed by atoms with van der Waals surface area (Å²) >= 11 is 0. The van der Waals surface area contributed by atoms with Crippen molar-refractivity contribution in [2.45, 2.75) is 33.0 Å². The van der Waals surface area contributed by atoms with Gasteiger partial charge in [0.05, 0.1) is 12.2 Å². The van der Waals surface area contributed by atoms with Crippen molar-refractivity contribution in [3.63, 3.8) is 0 Å². The minimum Gasteiger partial charge on any atom is -0.384 e. The van der Waals surface area contributed by atoms with Crippen LogP contribution in [0, 0.1) is 12.3 Å². The number of rotatable bonds is 2. The lowest BCUT2D eigenvalue weighted by atomic mass is 10.2. The molecule has 3 N–H and O–H groups in total. The molecule has 0 aliphatic carbocycles. The molecule has 2 heterocycles. The van der Waals surface area contributed by atoms with E-state index in [0.717, 1.165) is 30.2 Å². The third-order valence-electron chi connectivity index (χ3n) is 2.99. The number of nitrogens with one attached hydrogen (secondary N) is 1. The van der Waals surface area contributed by atoms with Crippen molar-refractivity contribution in [3.8, 4) is 0 Å². The first-order chi connectivity index (χ1) is 8.45. The molecule has 2 unspecified atom stereocenters. The van der Waals surface area contributed by atoms with Gasteiger partial charge in [-0.15, -0.1) is 0 Å². The molecule has 0 saturated carbocycles. The average Bonchev–Trinajstić information content (AvgIpc) is 2.26. The van der Waals surface area contributed by atoms with Crippen molar-refractivity contribution in [2.75, 3.05) is 18.0 Å². The van der Waals surface area contributed by atoms with E-state index in [1.807, 2.05) is 19.1 Å². The molecule has 0 radical (unpaired) electrons. The summed E-state index contributed by atoms with van der Waals surface area (Å²) in [4.78, 5) is 6.72.